The quantitative estimate of drug-likeness (QED) is 0.671. The number of hydrogen-bond acceptors (Lipinski definition) is 4. The molecule has 1 saturated heterocycles. The summed E-state index contributed by atoms with van der Waals surface area (Å²) in [7, 11) is 0.794. The Morgan fingerprint density at radius 2 is 1.94 bits per heavy atom. The summed E-state index contributed by atoms with van der Waals surface area (Å²) in [5.41, 5.74) is 0. The van der Waals surface area contributed by atoms with E-state index in [0.29, 0.717) is 12.5 Å². The van der Waals surface area contributed by atoms with E-state index in [1.54, 1.807) is 0 Å². The van der Waals surface area contributed by atoms with Crippen LogP contribution in [-0.2, 0) is 10.0 Å². The minimum absolute atomic E-state index is 0.269. The second kappa shape index (κ2) is 7.31. The van der Waals surface area contributed by atoms with E-state index >= 15 is 0 Å². The molecule has 5 nitrogen and oxygen atoms in total. The summed E-state index contributed by atoms with van der Waals surface area (Å²) < 4.78 is 26.1. The molecule has 0 aliphatic carbocycles. The van der Waals surface area contributed by atoms with Gasteiger partial charge >= 0.3 is 0 Å². The summed E-state index contributed by atoms with van der Waals surface area (Å²) >= 11 is 0. The number of likely N-dealkylation sites (N-methyl/N-ethyl adjacent to an activating group) is 1. The van der Waals surface area contributed by atoms with Crippen molar-refractivity contribution in [3.8, 4) is 0 Å². The van der Waals surface area contributed by atoms with Crippen molar-refractivity contribution in [3.63, 3.8) is 0 Å². The molecular weight excluding hydrogens is 238 g/mol. The van der Waals surface area contributed by atoms with Gasteiger partial charge in [-0.1, -0.05) is 0 Å². The molecule has 102 valence electrons. The highest BCUT2D eigenvalue weighted by atomic mass is 32.2. The predicted molar refractivity (Wildman–Crippen MR) is 70.6 cm³/mol. The maximum atomic E-state index is 11.7. The molecule has 1 heterocycles. The van der Waals surface area contributed by atoms with Crippen LogP contribution in [0.15, 0.2) is 0 Å². The van der Waals surface area contributed by atoms with Gasteiger partial charge in [0.25, 0.3) is 0 Å². The van der Waals surface area contributed by atoms with E-state index in [1.165, 1.54) is 0 Å². The van der Waals surface area contributed by atoms with Crippen LogP contribution in [0.3, 0.4) is 0 Å². The van der Waals surface area contributed by atoms with Gasteiger partial charge in [-0.25, -0.2) is 13.1 Å². The zero-order valence-corrected chi connectivity index (χ0v) is 11.7. The highest BCUT2D eigenvalue weighted by molar-refractivity contribution is 7.89. The number of rotatable bonds is 7. The smallest absolute Gasteiger partial charge is 0.211 e. The van der Waals surface area contributed by atoms with Gasteiger partial charge in [-0.05, 0) is 52.4 Å². The summed E-state index contributed by atoms with van der Waals surface area (Å²) in [5.74, 6) is 0.840. The van der Waals surface area contributed by atoms with E-state index in [-0.39, 0.29) is 5.75 Å². The maximum absolute atomic E-state index is 11.7. The van der Waals surface area contributed by atoms with Crippen LogP contribution in [0.1, 0.15) is 19.3 Å². The molecule has 0 bridgehead atoms. The SMILES string of the molecule is CN(C)CCNS(=O)(=O)CCC1CCNCC1. The van der Waals surface area contributed by atoms with Crippen LogP contribution in [0.5, 0.6) is 0 Å². The van der Waals surface area contributed by atoms with E-state index in [4.69, 9.17) is 0 Å². The van der Waals surface area contributed by atoms with E-state index < -0.39 is 10.0 Å². The third kappa shape index (κ3) is 6.98. The number of hydrogen-bond donors (Lipinski definition) is 2. The molecule has 2 N–H and O–H groups in total. The Hall–Kier alpha value is -0.170. The topological polar surface area (TPSA) is 61.4 Å². The van der Waals surface area contributed by atoms with Crippen LogP contribution in [0.4, 0.5) is 0 Å². The van der Waals surface area contributed by atoms with Gasteiger partial charge in [0.15, 0.2) is 0 Å². The van der Waals surface area contributed by atoms with E-state index in [9.17, 15) is 8.42 Å². The van der Waals surface area contributed by atoms with Gasteiger partial charge in [0.05, 0.1) is 5.75 Å². The third-order valence-electron chi connectivity index (χ3n) is 3.13. The summed E-state index contributed by atoms with van der Waals surface area (Å²) in [4.78, 5) is 1.97. The van der Waals surface area contributed by atoms with Gasteiger partial charge in [-0.2, -0.15) is 0 Å². The van der Waals surface area contributed by atoms with E-state index in [0.717, 1.165) is 38.9 Å². The van der Waals surface area contributed by atoms with E-state index in [1.807, 2.05) is 19.0 Å². The fourth-order valence-electron chi connectivity index (χ4n) is 1.99. The first-order valence-corrected chi connectivity index (χ1v) is 7.97. The molecule has 0 saturated carbocycles. The lowest BCUT2D eigenvalue weighted by molar-refractivity contribution is 0.364. The zero-order valence-electron chi connectivity index (χ0n) is 10.9. The second-order valence-electron chi connectivity index (χ2n) is 5.00. The molecule has 0 unspecified atom stereocenters. The lowest BCUT2D eigenvalue weighted by Gasteiger charge is -2.22. The standard InChI is InChI=1S/C11H25N3O2S/c1-14(2)9-8-13-17(15,16)10-5-11-3-6-12-7-4-11/h11-13H,3-10H2,1-2H3. The minimum Gasteiger partial charge on any atom is -0.317 e. The predicted octanol–water partition coefficient (Wildman–Crippen LogP) is -0.143. The van der Waals surface area contributed by atoms with Gasteiger partial charge in [-0.15, -0.1) is 0 Å². The molecule has 1 fully saturated rings. The monoisotopic (exact) mass is 263 g/mol. The van der Waals surface area contributed by atoms with Crippen molar-refractivity contribution in [3.05, 3.63) is 0 Å². The Morgan fingerprint density at radius 3 is 2.53 bits per heavy atom. The largest absolute Gasteiger partial charge is 0.317 e. The van der Waals surface area contributed by atoms with Crippen molar-refractivity contribution < 1.29 is 8.42 Å². The Labute approximate surface area is 105 Å². The third-order valence-corrected chi connectivity index (χ3v) is 4.55. The molecule has 0 aromatic carbocycles. The molecule has 0 aromatic rings. The van der Waals surface area contributed by atoms with Crippen molar-refractivity contribution in [2.45, 2.75) is 19.3 Å². The minimum atomic E-state index is -3.07. The van der Waals surface area contributed by atoms with E-state index in [2.05, 4.69) is 10.0 Å². The van der Waals surface area contributed by atoms with Crippen LogP contribution in [0.25, 0.3) is 0 Å². The second-order valence-corrected chi connectivity index (χ2v) is 6.92. The van der Waals surface area contributed by atoms with Crippen LogP contribution >= 0.6 is 0 Å². The first kappa shape index (κ1) is 14.9. The summed E-state index contributed by atoms with van der Waals surface area (Å²) in [5, 5.41) is 3.29. The Bertz CT molecular complexity index is 298. The number of sulfonamides is 1. The van der Waals surface area contributed by atoms with Crippen LogP contribution in [0.2, 0.25) is 0 Å². The fraction of sp³-hybridized carbons (Fsp3) is 1.00. The van der Waals surface area contributed by atoms with Crippen LogP contribution < -0.4 is 10.0 Å². The molecule has 0 radical (unpaired) electrons. The van der Waals surface area contributed by atoms with Gasteiger partial charge in [0.1, 0.15) is 0 Å². The molecule has 0 aromatic heterocycles. The maximum Gasteiger partial charge on any atom is 0.211 e. The molecular formula is C11H25N3O2S. The van der Waals surface area contributed by atoms with Gasteiger partial charge in [0.2, 0.25) is 10.0 Å². The van der Waals surface area contributed by atoms with Crippen molar-refractivity contribution in [1.82, 2.24) is 14.9 Å². The summed E-state index contributed by atoms with van der Waals surface area (Å²) in [6, 6.07) is 0. The average molecular weight is 263 g/mol. The molecule has 0 spiro atoms. The molecule has 0 atom stereocenters. The average Bonchev–Trinajstić information content (AvgIpc) is 2.27. The van der Waals surface area contributed by atoms with Gasteiger partial charge in [-0.3, -0.25) is 0 Å². The Balaban J connectivity index is 2.19. The normalized spacial score (nSPS) is 18.8. The number of nitrogens with one attached hydrogen (secondary N) is 2. The molecule has 6 heteroatoms. The first-order valence-electron chi connectivity index (χ1n) is 6.32. The Kier molecular flexibility index (Phi) is 6.40. The molecule has 1 aliphatic heterocycles. The summed E-state index contributed by atoms with van der Waals surface area (Å²) in [6.45, 7) is 3.30. The van der Waals surface area contributed by atoms with Crippen molar-refractivity contribution >= 4 is 10.0 Å². The van der Waals surface area contributed by atoms with Crippen molar-refractivity contribution in [1.29, 1.82) is 0 Å². The Morgan fingerprint density at radius 1 is 1.29 bits per heavy atom. The first-order chi connectivity index (χ1) is 7.99. The molecule has 1 rings (SSSR count). The molecule has 17 heavy (non-hydrogen) atoms. The van der Waals surface area contributed by atoms with Crippen molar-refractivity contribution in [2.24, 2.45) is 5.92 Å². The zero-order chi connectivity index (χ0) is 12.7. The van der Waals surface area contributed by atoms with Crippen molar-refractivity contribution in [2.75, 3.05) is 46.0 Å². The molecule has 1 aliphatic rings. The van der Waals surface area contributed by atoms with Gasteiger partial charge < -0.3 is 10.2 Å². The van der Waals surface area contributed by atoms with Crippen LogP contribution in [-0.4, -0.2) is 59.3 Å². The number of piperidine rings is 1. The highest BCUT2D eigenvalue weighted by Gasteiger charge is 2.17. The van der Waals surface area contributed by atoms with Gasteiger partial charge in [0, 0.05) is 13.1 Å². The number of nitrogens with zero attached hydrogens (tertiary/aromatic N) is 1. The molecule has 0 amide bonds. The highest BCUT2D eigenvalue weighted by Crippen LogP contribution is 2.16. The lowest BCUT2D eigenvalue weighted by Crippen LogP contribution is -2.34. The fourth-order valence-corrected chi connectivity index (χ4v) is 3.18. The van der Waals surface area contributed by atoms with Crippen LogP contribution in [0, 0.1) is 5.92 Å². The lowest BCUT2D eigenvalue weighted by atomic mass is 9.96. The summed E-state index contributed by atoms with van der Waals surface area (Å²) in [6.07, 6.45) is 3.00.